The normalized spacial score (nSPS) is 13.6. The molecule has 0 aliphatic heterocycles. The van der Waals surface area contributed by atoms with Crippen molar-refractivity contribution in [2.24, 2.45) is 0 Å². The molecule has 0 spiro atoms. The maximum atomic E-state index is 12.2. The molecule has 2 nitrogen and oxygen atoms in total. The number of nitrogens with one attached hydrogen (secondary N) is 1. The van der Waals surface area contributed by atoms with Crippen molar-refractivity contribution in [3.8, 4) is 0 Å². The third-order valence-electron chi connectivity index (χ3n) is 1.29. The Morgan fingerprint density at radius 2 is 1.47 bits per heavy atom. The van der Waals surface area contributed by atoms with Crippen LogP contribution < -0.4 is 5.32 Å². The van der Waals surface area contributed by atoms with E-state index in [0.717, 1.165) is 5.32 Å². The highest BCUT2D eigenvalue weighted by Crippen LogP contribution is 2.35. The molecule has 102 valence electrons. The molecule has 17 heavy (non-hydrogen) atoms. The van der Waals surface area contributed by atoms with Crippen molar-refractivity contribution >= 4 is 17.7 Å². The molecule has 0 rings (SSSR count). The largest absolute Gasteiger partial charge is 0.463 e. The maximum absolute atomic E-state index is 12.2. The zero-order chi connectivity index (χ0) is 13.9. The first kappa shape index (κ1) is 16.3. The quantitative estimate of drug-likeness (QED) is 0.637. The number of alkyl halides is 8. The molecule has 0 saturated heterocycles. The average Bonchev–Trinajstić information content (AvgIpc) is 2.08. The first-order valence-electron chi connectivity index (χ1n) is 3.81. The fraction of sp³-hybridized carbons (Fsp3) is 0.833. The summed E-state index contributed by atoms with van der Waals surface area (Å²) in [6.07, 6.45) is -6.08. The van der Waals surface area contributed by atoms with Gasteiger partial charge in [-0.3, -0.25) is 4.79 Å². The van der Waals surface area contributed by atoms with Gasteiger partial charge < -0.3 is 5.32 Å². The summed E-state index contributed by atoms with van der Waals surface area (Å²) in [5, 5.41) is 1.07. The smallest absolute Gasteiger partial charge is 0.350 e. The Labute approximate surface area is 93.7 Å². The Kier molecular flexibility index (Phi) is 5.04. The number of hydrogen-bond donors (Lipinski definition) is 1. The fourth-order valence-electron chi connectivity index (χ4n) is 0.571. The fourth-order valence-corrected chi connectivity index (χ4v) is 1.01. The lowest BCUT2D eigenvalue weighted by molar-refractivity contribution is -0.269. The van der Waals surface area contributed by atoms with Gasteiger partial charge in [-0.1, -0.05) is 0 Å². The summed E-state index contributed by atoms with van der Waals surface area (Å²) in [5.41, 5.74) is -4.64. The molecule has 0 fully saturated rings. The van der Waals surface area contributed by atoms with Gasteiger partial charge in [-0.2, -0.15) is 35.1 Å². The van der Waals surface area contributed by atoms with Crippen LogP contribution in [0.15, 0.2) is 0 Å². The highest BCUT2D eigenvalue weighted by Gasteiger charge is 2.63. The Morgan fingerprint density at radius 1 is 1.00 bits per heavy atom. The molecule has 0 unspecified atom stereocenters. The number of carbonyl (C=O) groups excluding carboxylic acids is 1. The topological polar surface area (TPSA) is 29.1 Å². The van der Waals surface area contributed by atoms with Crippen LogP contribution in [0.25, 0.3) is 0 Å². The summed E-state index contributed by atoms with van der Waals surface area (Å²) in [6, 6.07) is 0. The second-order valence-corrected chi connectivity index (χ2v) is 3.78. The minimum Gasteiger partial charge on any atom is -0.350 e. The molecular formula is C6H5F8NOS. The molecule has 11 heteroatoms. The second-order valence-electron chi connectivity index (χ2n) is 2.62. The summed E-state index contributed by atoms with van der Waals surface area (Å²) in [4.78, 5) is 10.4. The molecule has 0 aromatic rings. The van der Waals surface area contributed by atoms with Crippen molar-refractivity contribution < 1.29 is 39.9 Å². The average molecular weight is 291 g/mol. The van der Waals surface area contributed by atoms with Gasteiger partial charge in [0.15, 0.2) is 0 Å². The van der Waals surface area contributed by atoms with Crippen LogP contribution >= 0.6 is 11.8 Å². The second kappa shape index (κ2) is 5.27. The van der Waals surface area contributed by atoms with Crippen LogP contribution in [0.5, 0.6) is 0 Å². The molecule has 0 atom stereocenters. The molecule has 0 radical (unpaired) electrons. The molecule has 0 aromatic heterocycles. The van der Waals surface area contributed by atoms with E-state index in [-0.39, 0.29) is 0 Å². The lowest BCUT2D eigenvalue weighted by atomic mass is 10.3. The van der Waals surface area contributed by atoms with E-state index in [4.69, 9.17) is 0 Å². The van der Waals surface area contributed by atoms with Gasteiger partial charge >= 0.3 is 17.6 Å². The minimum absolute atomic E-state index is 0.647. The predicted molar refractivity (Wildman–Crippen MR) is 42.5 cm³/mol. The van der Waals surface area contributed by atoms with Crippen molar-refractivity contribution in [1.29, 1.82) is 0 Å². The molecule has 0 heterocycles. The number of halogens is 8. The molecule has 1 N–H and O–H groups in total. The minimum atomic E-state index is -6.08. The SMILES string of the molecule is O=C(NCCSC(F)(F)F)C(F)(F)C(F)(F)F. The molecule has 0 aliphatic rings. The first-order chi connectivity index (χ1) is 7.38. The van der Waals surface area contributed by atoms with Gasteiger partial charge in [0.2, 0.25) is 0 Å². The first-order valence-corrected chi connectivity index (χ1v) is 4.80. The maximum Gasteiger partial charge on any atom is 0.463 e. The van der Waals surface area contributed by atoms with Gasteiger partial charge in [-0.15, -0.1) is 0 Å². The molecular weight excluding hydrogens is 286 g/mol. The van der Waals surface area contributed by atoms with E-state index in [1.807, 2.05) is 0 Å². The molecule has 0 aromatic carbocycles. The van der Waals surface area contributed by atoms with Gasteiger partial charge in [-0.25, -0.2) is 0 Å². The van der Waals surface area contributed by atoms with Crippen molar-refractivity contribution in [2.45, 2.75) is 17.6 Å². The Bertz CT molecular complexity index is 272. The van der Waals surface area contributed by atoms with Crippen molar-refractivity contribution in [3.05, 3.63) is 0 Å². The zero-order valence-corrected chi connectivity index (χ0v) is 8.57. The van der Waals surface area contributed by atoms with Crippen molar-refractivity contribution in [1.82, 2.24) is 5.32 Å². The summed E-state index contributed by atoms with van der Waals surface area (Å²) >= 11 is -0.647. The third kappa shape index (κ3) is 5.41. The van der Waals surface area contributed by atoms with E-state index in [0.29, 0.717) is 0 Å². The van der Waals surface area contributed by atoms with Crippen LogP contribution in [-0.4, -0.2) is 35.8 Å². The van der Waals surface area contributed by atoms with Gasteiger partial charge in [0.1, 0.15) is 0 Å². The monoisotopic (exact) mass is 291 g/mol. The lowest BCUT2D eigenvalue weighted by Crippen LogP contribution is -2.50. The molecule has 0 aliphatic carbocycles. The number of hydrogen-bond acceptors (Lipinski definition) is 2. The van der Waals surface area contributed by atoms with E-state index in [9.17, 15) is 39.9 Å². The number of thioether (sulfide) groups is 1. The Hall–Kier alpha value is -0.740. The summed E-state index contributed by atoms with van der Waals surface area (Å²) in [5.74, 6) is -9.15. The lowest BCUT2D eigenvalue weighted by Gasteiger charge is -2.18. The van der Waals surface area contributed by atoms with Crippen molar-refractivity contribution in [3.63, 3.8) is 0 Å². The van der Waals surface area contributed by atoms with E-state index >= 15 is 0 Å². The van der Waals surface area contributed by atoms with Crippen LogP contribution in [0.3, 0.4) is 0 Å². The molecule has 0 saturated carbocycles. The van der Waals surface area contributed by atoms with Gasteiger partial charge in [0.05, 0.1) is 0 Å². The van der Waals surface area contributed by atoms with Gasteiger partial charge in [0, 0.05) is 12.3 Å². The van der Waals surface area contributed by atoms with E-state index < -0.39 is 47.6 Å². The standard InChI is InChI=1S/C6H5F8NOS/c7-4(8,5(9,10)11)3(16)15-1-2-17-6(12,13)14/h1-2H2,(H,15,16). The van der Waals surface area contributed by atoms with Crippen LogP contribution in [0.2, 0.25) is 0 Å². The van der Waals surface area contributed by atoms with Crippen LogP contribution in [-0.2, 0) is 4.79 Å². The molecule has 0 bridgehead atoms. The highest BCUT2D eigenvalue weighted by atomic mass is 32.2. The zero-order valence-electron chi connectivity index (χ0n) is 7.75. The van der Waals surface area contributed by atoms with Crippen LogP contribution in [0, 0.1) is 0 Å². The number of amides is 1. The molecule has 1 amide bonds. The summed E-state index contributed by atoms with van der Waals surface area (Å²) < 4.78 is 93.8. The Morgan fingerprint density at radius 3 is 1.82 bits per heavy atom. The summed E-state index contributed by atoms with van der Waals surface area (Å²) in [7, 11) is 0. The Balaban J connectivity index is 4.12. The highest BCUT2D eigenvalue weighted by molar-refractivity contribution is 8.00. The van der Waals surface area contributed by atoms with Crippen molar-refractivity contribution in [2.75, 3.05) is 12.3 Å². The summed E-state index contributed by atoms with van der Waals surface area (Å²) in [6.45, 7) is -0.950. The third-order valence-corrected chi connectivity index (χ3v) is 2.03. The predicted octanol–water partition coefficient (Wildman–Crippen LogP) is 2.55. The van der Waals surface area contributed by atoms with Crippen LogP contribution in [0.1, 0.15) is 0 Å². The van der Waals surface area contributed by atoms with E-state index in [2.05, 4.69) is 0 Å². The number of carbonyl (C=O) groups is 1. The van der Waals surface area contributed by atoms with Crippen LogP contribution in [0.4, 0.5) is 35.1 Å². The van der Waals surface area contributed by atoms with Gasteiger partial charge in [-0.05, 0) is 11.8 Å². The van der Waals surface area contributed by atoms with Gasteiger partial charge in [0.25, 0.3) is 5.91 Å². The van der Waals surface area contributed by atoms with E-state index in [1.165, 1.54) is 0 Å². The van der Waals surface area contributed by atoms with E-state index in [1.54, 1.807) is 0 Å². The number of rotatable bonds is 4.